The highest BCUT2D eigenvalue weighted by Crippen LogP contribution is 2.39. The van der Waals surface area contributed by atoms with E-state index in [0.717, 1.165) is 23.8 Å². The number of hydrogen-bond donors (Lipinski definition) is 1. The van der Waals surface area contributed by atoms with Gasteiger partial charge in [0.15, 0.2) is 0 Å². The number of carboxylic acid groups (broad SMARTS) is 1. The Bertz CT molecular complexity index is 393. The van der Waals surface area contributed by atoms with E-state index in [9.17, 15) is 4.79 Å². The Morgan fingerprint density at radius 1 is 1.69 bits per heavy atom. The van der Waals surface area contributed by atoms with Crippen LogP contribution in [-0.4, -0.2) is 29.6 Å². The average molecular weight is 260 g/mol. The number of nitrogens with zero attached hydrogens (tertiary/aromatic N) is 1. The van der Waals surface area contributed by atoms with Gasteiger partial charge in [-0.1, -0.05) is 11.6 Å². The highest BCUT2D eigenvalue weighted by atomic mass is 35.5. The van der Waals surface area contributed by atoms with Crippen LogP contribution in [0.3, 0.4) is 0 Å². The summed E-state index contributed by atoms with van der Waals surface area (Å²) in [5, 5.41) is 8.80. The van der Waals surface area contributed by atoms with Gasteiger partial charge in [0, 0.05) is 18.0 Å². The monoisotopic (exact) mass is 259 g/mol. The predicted molar refractivity (Wildman–Crippen MR) is 64.9 cm³/mol. The molecule has 2 rings (SSSR count). The summed E-state index contributed by atoms with van der Waals surface area (Å²) in [6, 6.07) is 3.91. The number of rotatable bonds is 5. The number of carboxylic acids is 1. The fourth-order valence-electron chi connectivity index (χ4n) is 1.92. The van der Waals surface area contributed by atoms with Gasteiger partial charge in [0.05, 0.1) is 10.3 Å². The van der Waals surface area contributed by atoms with Gasteiger partial charge in [0.1, 0.15) is 0 Å². The largest absolute Gasteiger partial charge is 0.481 e. The third kappa shape index (κ3) is 2.97. The van der Waals surface area contributed by atoms with Crippen molar-refractivity contribution in [3.8, 4) is 0 Å². The Kier molecular flexibility index (Phi) is 3.52. The van der Waals surface area contributed by atoms with Crippen LogP contribution in [0, 0.1) is 11.8 Å². The van der Waals surface area contributed by atoms with Crippen LogP contribution in [0.2, 0.25) is 4.34 Å². The first kappa shape index (κ1) is 11.9. The molecule has 2 atom stereocenters. The molecule has 0 spiro atoms. The van der Waals surface area contributed by atoms with Crippen LogP contribution >= 0.6 is 22.9 Å². The standard InChI is InChI=1S/C11H14ClNO2S/c1-13(5-7-4-9(7)11(14)15)6-8-2-3-10(12)16-8/h2-3,7,9H,4-6H2,1H3,(H,14,15). The van der Waals surface area contributed by atoms with Crippen LogP contribution in [0.25, 0.3) is 0 Å². The minimum absolute atomic E-state index is 0.116. The fourth-order valence-corrected chi connectivity index (χ4v) is 3.09. The summed E-state index contributed by atoms with van der Waals surface area (Å²) in [6.45, 7) is 1.70. The molecule has 1 aromatic heterocycles. The Hall–Kier alpha value is -0.580. The first-order valence-electron chi connectivity index (χ1n) is 5.22. The van der Waals surface area contributed by atoms with Gasteiger partial charge in [-0.05, 0) is 31.5 Å². The Labute approximate surface area is 104 Å². The van der Waals surface area contributed by atoms with Crippen molar-refractivity contribution < 1.29 is 9.90 Å². The molecule has 1 N–H and O–H groups in total. The van der Waals surface area contributed by atoms with Gasteiger partial charge in [-0.25, -0.2) is 0 Å². The molecule has 16 heavy (non-hydrogen) atoms. The normalized spacial score (nSPS) is 23.7. The average Bonchev–Trinajstić information content (AvgIpc) is 2.83. The molecule has 1 aliphatic rings. The van der Waals surface area contributed by atoms with Crippen molar-refractivity contribution in [2.75, 3.05) is 13.6 Å². The number of thiophene rings is 1. The van der Waals surface area contributed by atoms with Crippen LogP contribution < -0.4 is 0 Å². The number of aliphatic carboxylic acids is 1. The molecule has 0 aromatic carbocycles. The SMILES string of the molecule is CN(Cc1ccc(Cl)s1)CC1CC1C(=O)O. The molecular weight excluding hydrogens is 246 g/mol. The summed E-state index contributed by atoms with van der Waals surface area (Å²) < 4.78 is 0.804. The molecule has 0 radical (unpaired) electrons. The van der Waals surface area contributed by atoms with Gasteiger partial charge in [-0.15, -0.1) is 11.3 Å². The zero-order valence-electron chi connectivity index (χ0n) is 9.02. The van der Waals surface area contributed by atoms with Gasteiger partial charge < -0.3 is 10.0 Å². The van der Waals surface area contributed by atoms with E-state index in [2.05, 4.69) is 4.90 Å². The molecule has 0 bridgehead atoms. The smallest absolute Gasteiger partial charge is 0.306 e. The topological polar surface area (TPSA) is 40.5 Å². The quantitative estimate of drug-likeness (QED) is 0.884. The zero-order chi connectivity index (χ0) is 11.7. The minimum Gasteiger partial charge on any atom is -0.481 e. The van der Waals surface area contributed by atoms with Gasteiger partial charge in [-0.2, -0.15) is 0 Å². The van der Waals surface area contributed by atoms with E-state index < -0.39 is 5.97 Å². The van der Waals surface area contributed by atoms with Crippen LogP contribution in [0.1, 0.15) is 11.3 Å². The highest BCUT2D eigenvalue weighted by molar-refractivity contribution is 7.16. The van der Waals surface area contributed by atoms with Crippen molar-refractivity contribution in [2.45, 2.75) is 13.0 Å². The minimum atomic E-state index is -0.655. The van der Waals surface area contributed by atoms with Gasteiger partial charge >= 0.3 is 5.97 Å². The van der Waals surface area contributed by atoms with Gasteiger partial charge in [0.25, 0.3) is 0 Å². The molecule has 1 aliphatic carbocycles. The first-order valence-corrected chi connectivity index (χ1v) is 6.41. The maximum atomic E-state index is 10.7. The van der Waals surface area contributed by atoms with E-state index in [1.807, 2.05) is 19.2 Å². The number of hydrogen-bond acceptors (Lipinski definition) is 3. The molecule has 0 amide bonds. The third-order valence-corrected chi connectivity index (χ3v) is 4.06. The van der Waals surface area contributed by atoms with Gasteiger partial charge in [-0.3, -0.25) is 4.79 Å². The summed E-state index contributed by atoms with van der Waals surface area (Å²) in [5.41, 5.74) is 0. The van der Waals surface area contributed by atoms with Crippen LogP contribution in [0.4, 0.5) is 0 Å². The molecule has 1 heterocycles. The van der Waals surface area contributed by atoms with Crippen molar-refractivity contribution in [3.63, 3.8) is 0 Å². The molecule has 2 unspecified atom stereocenters. The molecule has 0 aliphatic heterocycles. The fraction of sp³-hybridized carbons (Fsp3) is 0.545. The van der Waals surface area contributed by atoms with E-state index in [1.54, 1.807) is 11.3 Å². The number of carbonyl (C=O) groups is 1. The maximum Gasteiger partial charge on any atom is 0.306 e. The van der Waals surface area contributed by atoms with E-state index in [1.165, 1.54) is 4.88 Å². The van der Waals surface area contributed by atoms with E-state index in [-0.39, 0.29) is 5.92 Å². The Morgan fingerprint density at radius 2 is 2.44 bits per heavy atom. The van der Waals surface area contributed by atoms with Crippen LogP contribution in [-0.2, 0) is 11.3 Å². The molecule has 1 aromatic rings. The van der Waals surface area contributed by atoms with Crippen LogP contribution in [0.5, 0.6) is 0 Å². The molecule has 3 nitrogen and oxygen atoms in total. The molecule has 5 heteroatoms. The Morgan fingerprint density at radius 3 is 2.94 bits per heavy atom. The molecule has 1 fully saturated rings. The van der Waals surface area contributed by atoms with Crippen LogP contribution in [0.15, 0.2) is 12.1 Å². The highest BCUT2D eigenvalue weighted by Gasteiger charge is 2.43. The summed E-state index contributed by atoms with van der Waals surface area (Å²) in [5.74, 6) is -0.440. The van der Waals surface area contributed by atoms with Crippen molar-refractivity contribution in [1.29, 1.82) is 0 Å². The predicted octanol–water partition coefficient (Wildman–Crippen LogP) is 2.55. The number of halogens is 1. The zero-order valence-corrected chi connectivity index (χ0v) is 10.6. The molecule has 1 saturated carbocycles. The first-order chi connectivity index (χ1) is 7.56. The van der Waals surface area contributed by atoms with Crippen molar-refractivity contribution in [3.05, 3.63) is 21.3 Å². The Balaban J connectivity index is 1.77. The molecule has 0 saturated heterocycles. The third-order valence-electron chi connectivity index (χ3n) is 2.84. The second-order valence-electron chi connectivity index (χ2n) is 4.34. The lowest BCUT2D eigenvalue weighted by Crippen LogP contribution is -2.21. The van der Waals surface area contributed by atoms with E-state index >= 15 is 0 Å². The summed E-state index contributed by atoms with van der Waals surface area (Å²) >= 11 is 7.43. The van der Waals surface area contributed by atoms with Crippen molar-refractivity contribution in [1.82, 2.24) is 4.90 Å². The lowest BCUT2D eigenvalue weighted by atomic mass is 10.3. The summed E-state index contributed by atoms with van der Waals surface area (Å²) in [4.78, 5) is 14.1. The second kappa shape index (κ2) is 4.73. The van der Waals surface area contributed by atoms with Crippen molar-refractivity contribution in [2.24, 2.45) is 11.8 Å². The van der Waals surface area contributed by atoms with Crippen molar-refractivity contribution >= 4 is 28.9 Å². The maximum absolute atomic E-state index is 10.7. The molecule has 88 valence electrons. The van der Waals surface area contributed by atoms with E-state index in [0.29, 0.717) is 5.92 Å². The van der Waals surface area contributed by atoms with E-state index in [4.69, 9.17) is 16.7 Å². The second-order valence-corrected chi connectivity index (χ2v) is 6.14. The molecular formula is C11H14ClNO2S. The summed E-state index contributed by atoms with van der Waals surface area (Å²) in [6.07, 6.45) is 0.824. The lowest BCUT2D eigenvalue weighted by Gasteiger charge is -2.14. The lowest BCUT2D eigenvalue weighted by molar-refractivity contribution is -0.138. The van der Waals surface area contributed by atoms with Gasteiger partial charge in [0.2, 0.25) is 0 Å². The summed E-state index contributed by atoms with van der Waals surface area (Å²) in [7, 11) is 2.02.